The Morgan fingerprint density at radius 1 is 1.48 bits per heavy atom. The molecule has 1 aromatic heterocycles. The molecule has 3 heterocycles. The Hall–Kier alpha value is -0.420. The summed E-state index contributed by atoms with van der Waals surface area (Å²) in [5.41, 5.74) is 0.221. The molecule has 0 saturated carbocycles. The molecule has 3 nitrogen and oxygen atoms in total. The van der Waals surface area contributed by atoms with E-state index < -0.39 is 0 Å². The number of piperidine rings is 1. The lowest BCUT2D eigenvalue weighted by molar-refractivity contribution is -0.153. The molecule has 0 radical (unpaired) electrons. The molecule has 0 aliphatic carbocycles. The molecule has 1 aromatic rings. The van der Waals surface area contributed by atoms with Crippen LogP contribution in [0.25, 0.3) is 0 Å². The van der Waals surface area contributed by atoms with Crippen molar-refractivity contribution in [3.8, 4) is 0 Å². The standard InChI is InChI=1S/C17H27NO2S/c1-3-19-13-17-8-4-10-20-16(17)7-9-18(12-17)11-15-6-5-14(2)21-15/h5-6,16H,3-4,7-13H2,1-2H3. The second-order valence-corrected chi connectivity index (χ2v) is 7.85. The van der Waals surface area contributed by atoms with Crippen LogP contribution in [0.1, 0.15) is 35.9 Å². The van der Waals surface area contributed by atoms with E-state index in [9.17, 15) is 0 Å². The fourth-order valence-electron chi connectivity index (χ4n) is 3.82. The zero-order chi connectivity index (χ0) is 14.7. The maximum Gasteiger partial charge on any atom is 0.0677 e. The Bertz CT molecular complexity index is 461. The van der Waals surface area contributed by atoms with E-state index >= 15 is 0 Å². The van der Waals surface area contributed by atoms with Gasteiger partial charge in [0, 0.05) is 48.0 Å². The van der Waals surface area contributed by atoms with E-state index in [2.05, 4.69) is 30.9 Å². The van der Waals surface area contributed by atoms with Crippen LogP contribution in [-0.2, 0) is 16.0 Å². The van der Waals surface area contributed by atoms with Gasteiger partial charge in [-0.05, 0) is 45.2 Å². The van der Waals surface area contributed by atoms with E-state index in [1.54, 1.807) is 0 Å². The number of likely N-dealkylation sites (tertiary alicyclic amines) is 1. The molecule has 118 valence electrons. The number of hydrogen-bond donors (Lipinski definition) is 0. The largest absolute Gasteiger partial charge is 0.381 e. The van der Waals surface area contributed by atoms with Crippen LogP contribution in [0, 0.1) is 12.3 Å². The van der Waals surface area contributed by atoms with Crippen LogP contribution in [0.2, 0.25) is 0 Å². The van der Waals surface area contributed by atoms with Crippen LogP contribution in [0.15, 0.2) is 12.1 Å². The van der Waals surface area contributed by atoms with E-state index in [1.807, 2.05) is 11.3 Å². The van der Waals surface area contributed by atoms with Gasteiger partial charge in [-0.25, -0.2) is 0 Å². The van der Waals surface area contributed by atoms with Crippen LogP contribution < -0.4 is 0 Å². The molecular formula is C17H27NO2S. The summed E-state index contributed by atoms with van der Waals surface area (Å²) in [5, 5.41) is 0. The van der Waals surface area contributed by atoms with Crippen molar-refractivity contribution in [1.29, 1.82) is 0 Å². The molecule has 2 atom stereocenters. The monoisotopic (exact) mass is 309 g/mol. The molecule has 2 fully saturated rings. The third-order valence-corrected chi connectivity index (χ3v) is 5.82. The number of fused-ring (bicyclic) bond motifs is 1. The second kappa shape index (κ2) is 6.78. The second-order valence-electron chi connectivity index (χ2n) is 6.47. The SMILES string of the molecule is CCOCC12CCCOC1CCN(Cc1ccc(C)s1)C2. The fraction of sp³-hybridized carbons (Fsp3) is 0.765. The first kappa shape index (κ1) is 15.5. The van der Waals surface area contributed by atoms with Gasteiger partial charge in [-0.15, -0.1) is 11.3 Å². The average Bonchev–Trinajstić information content (AvgIpc) is 2.90. The predicted octanol–water partition coefficient (Wildman–Crippen LogP) is 3.46. The molecule has 4 heteroatoms. The van der Waals surface area contributed by atoms with Gasteiger partial charge < -0.3 is 9.47 Å². The predicted molar refractivity (Wildman–Crippen MR) is 86.9 cm³/mol. The van der Waals surface area contributed by atoms with E-state index in [0.717, 1.165) is 45.9 Å². The number of ether oxygens (including phenoxy) is 2. The molecule has 2 aliphatic heterocycles. The van der Waals surface area contributed by atoms with Gasteiger partial charge in [0.2, 0.25) is 0 Å². The number of nitrogens with zero attached hydrogens (tertiary/aromatic N) is 1. The van der Waals surface area contributed by atoms with Gasteiger partial charge in [-0.3, -0.25) is 4.90 Å². The maximum atomic E-state index is 6.08. The van der Waals surface area contributed by atoms with Gasteiger partial charge in [0.05, 0.1) is 12.7 Å². The van der Waals surface area contributed by atoms with Crippen molar-refractivity contribution in [1.82, 2.24) is 4.90 Å². The molecule has 0 bridgehead atoms. The first-order valence-electron chi connectivity index (χ1n) is 8.19. The molecule has 21 heavy (non-hydrogen) atoms. The van der Waals surface area contributed by atoms with Gasteiger partial charge in [-0.1, -0.05) is 0 Å². The lowest BCUT2D eigenvalue weighted by Gasteiger charge is -2.50. The fourth-order valence-corrected chi connectivity index (χ4v) is 4.76. The molecule has 0 spiro atoms. The molecule has 2 aliphatic rings. The zero-order valence-electron chi connectivity index (χ0n) is 13.3. The third kappa shape index (κ3) is 3.50. The maximum absolute atomic E-state index is 6.08. The Kier molecular flexibility index (Phi) is 4.99. The van der Waals surface area contributed by atoms with Crippen molar-refractivity contribution >= 4 is 11.3 Å². The van der Waals surface area contributed by atoms with Gasteiger partial charge in [-0.2, -0.15) is 0 Å². The summed E-state index contributed by atoms with van der Waals surface area (Å²) in [4.78, 5) is 5.49. The molecule has 0 N–H and O–H groups in total. The Labute approximate surface area is 132 Å². The first-order chi connectivity index (χ1) is 10.2. The van der Waals surface area contributed by atoms with Crippen LogP contribution >= 0.6 is 11.3 Å². The van der Waals surface area contributed by atoms with Crippen molar-refractivity contribution in [2.75, 3.05) is 32.9 Å². The number of rotatable bonds is 5. The zero-order valence-corrected chi connectivity index (χ0v) is 14.1. The summed E-state index contributed by atoms with van der Waals surface area (Å²) in [6.07, 6.45) is 3.98. The highest BCUT2D eigenvalue weighted by molar-refractivity contribution is 7.11. The topological polar surface area (TPSA) is 21.7 Å². The molecule has 3 rings (SSSR count). The number of thiophene rings is 1. The lowest BCUT2D eigenvalue weighted by Crippen LogP contribution is -2.56. The van der Waals surface area contributed by atoms with Crippen molar-refractivity contribution in [3.05, 3.63) is 21.9 Å². The minimum atomic E-state index is 0.221. The van der Waals surface area contributed by atoms with Crippen molar-refractivity contribution in [3.63, 3.8) is 0 Å². The Morgan fingerprint density at radius 3 is 3.14 bits per heavy atom. The third-order valence-electron chi connectivity index (χ3n) is 4.84. The van der Waals surface area contributed by atoms with Crippen LogP contribution in [0.3, 0.4) is 0 Å². The highest BCUT2D eigenvalue weighted by Gasteiger charge is 2.46. The number of hydrogen-bond acceptors (Lipinski definition) is 4. The molecule has 2 saturated heterocycles. The van der Waals surface area contributed by atoms with Gasteiger partial charge >= 0.3 is 0 Å². The summed E-state index contributed by atoms with van der Waals surface area (Å²) in [7, 11) is 0. The Morgan fingerprint density at radius 2 is 2.38 bits per heavy atom. The van der Waals surface area contributed by atoms with Gasteiger partial charge in [0.15, 0.2) is 0 Å². The van der Waals surface area contributed by atoms with Crippen molar-refractivity contribution in [2.24, 2.45) is 5.41 Å². The highest BCUT2D eigenvalue weighted by atomic mass is 32.1. The smallest absolute Gasteiger partial charge is 0.0677 e. The van der Waals surface area contributed by atoms with Gasteiger partial charge in [0.1, 0.15) is 0 Å². The van der Waals surface area contributed by atoms with Crippen LogP contribution in [-0.4, -0.2) is 43.9 Å². The van der Waals surface area contributed by atoms with Crippen LogP contribution in [0.5, 0.6) is 0 Å². The summed E-state index contributed by atoms with van der Waals surface area (Å²) in [5.74, 6) is 0. The molecular weight excluding hydrogens is 282 g/mol. The normalized spacial score (nSPS) is 30.3. The number of aryl methyl sites for hydroxylation is 1. The lowest BCUT2D eigenvalue weighted by atomic mass is 9.73. The average molecular weight is 309 g/mol. The minimum Gasteiger partial charge on any atom is -0.381 e. The molecule has 0 amide bonds. The first-order valence-corrected chi connectivity index (χ1v) is 9.00. The quantitative estimate of drug-likeness (QED) is 0.831. The summed E-state index contributed by atoms with van der Waals surface area (Å²) < 4.78 is 11.9. The summed E-state index contributed by atoms with van der Waals surface area (Å²) in [6, 6.07) is 4.51. The van der Waals surface area contributed by atoms with E-state index in [4.69, 9.17) is 9.47 Å². The van der Waals surface area contributed by atoms with Crippen molar-refractivity contribution in [2.45, 2.75) is 45.8 Å². The van der Waals surface area contributed by atoms with Crippen LogP contribution in [0.4, 0.5) is 0 Å². The molecule has 2 unspecified atom stereocenters. The minimum absolute atomic E-state index is 0.221. The van der Waals surface area contributed by atoms with Crippen molar-refractivity contribution < 1.29 is 9.47 Å². The summed E-state index contributed by atoms with van der Waals surface area (Å²) in [6.45, 7) is 10.2. The van der Waals surface area contributed by atoms with E-state index in [1.165, 1.54) is 22.6 Å². The Balaban J connectivity index is 1.68. The highest BCUT2D eigenvalue weighted by Crippen LogP contribution is 2.41. The van der Waals surface area contributed by atoms with E-state index in [-0.39, 0.29) is 5.41 Å². The van der Waals surface area contributed by atoms with Gasteiger partial charge in [0.25, 0.3) is 0 Å². The van der Waals surface area contributed by atoms with E-state index in [0.29, 0.717) is 6.10 Å². The summed E-state index contributed by atoms with van der Waals surface area (Å²) >= 11 is 1.92. The molecule has 0 aromatic carbocycles.